The standard InChI is InChI=1S/C14H15IN2O2S/c15-11-6-5-9(7-12(11)18)14-16-13(17-19-14)8-20-10-3-1-2-4-10/h5-7,10,18H,1-4,8H2. The summed E-state index contributed by atoms with van der Waals surface area (Å²) in [5.41, 5.74) is 0.757. The van der Waals surface area contributed by atoms with Gasteiger partial charge >= 0.3 is 0 Å². The number of hydrogen-bond donors (Lipinski definition) is 1. The van der Waals surface area contributed by atoms with Gasteiger partial charge in [0.05, 0.1) is 9.32 Å². The maximum atomic E-state index is 9.71. The Morgan fingerprint density at radius 1 is 1.35 bits per heavy atom. The Bertz CT molecular complexity index is 597. The summed E-state index contributed by atoms with van der Waals surface area (Å²) in [5.74, 6) is 2.24. The smallest absolute Gasteiger partial charge is 0.258 e. The highest BCUT2D eigenvalue weighted by Crippen LogP contribution is 2.32. The van der Waals surface area contributed by atoms with Crippen LogP contribution in [0, 0.1) is 3.57 Å². The van der Waals surface area contributed by atoms with Crippen molar-refractivity contribution in [2.24, 2.45) is 0 Å². The maximum absolute atomic E-state index is 9.71. The Hall–Kier alpha value is -0.760. The van der Waals surface area contributed by atoms with E-state index in [1.165, 1.54) is 25.7 Å². The van der Waals surface area contributed by atoms with Gasteiger partial charge in [0.15, 0.2) is 5.82 Å². The van der Waals surface area contributed by atoms with E-state index in [4.69, 9.17) is 4.52 Å². The molecule has 0 saturated heterocycles. The Morgan fingerprint density at radius 3 is 2.90 bits per heavy atom. The summed E-state index contributed by atoms with van der Waals surface area (Å²) in [6, 6.07) is 5.37. The lowest BCUT2D eigenvalue weighted by atomic mass is 10.2. The molecule has 0 aliphatic heterocycles. The molecule has 1 aliphatic rings. The van der Waals surface area contributed by atoms with E-state index < -0.39 is 0 Å². The third kappa shape index (κ3) is 3.28. The van der Waals surface area contributed by atoms with Gasteiger partial charge < -0.3 is 9.63 Å². The molecule has 106 valence electrons. The van der Waals surface area contributed by atoms with Gasteiger partial charge in [-0.1, -0.05) is 18.0 Å². The van der Waals surface area contributed by atoms with Gasteiger partial charge in [-0.15, -0.1) is 0 Å². The first-order chi connectivity index (χ1) is 9.72. The van der Waals surface area contributed by atoms with Crippen LogP contribution in [0.5, 0.6) is 5.75 Å². The minimum atomic E-state index is 0.239. The van der Waals surface area contributed by atoms with Gasteiger partial charge in [-0.25, -0.2) is 0 Å². The van der Waals surface area contributed by atoms with Crippen molar-refractivity contribution in [3.05, 3.63) is 27.6 Å². The van der Waals surface area contributed by atoms with Crippen LogP contribution in [0.25, 0.3) is 11.5 Å². The number of aromatic nitrogens is 2. The van der Waals surface area contributed by atoms with Crippen molar-refractivity contribution in [3.8, 4) is 17.2 Å². The van der Waals surface area contributed by atoms with Crippen molar-refractivity contribution in [1.29, 1.82) is 0 Å². The lowest BCUT2D eigenvalue weighted by molar-refractivity contribution is 0.424. The second-order valence-electron chi connectivity index (χ2n) is 4.90. The topological polar surface area (TPSA) is 59.2 Å². The third-order valence-corrected chi connectivity index (χ3v) is 5.69. The number of phenols is 1. The van der Waals surface area contributed by atoms with E-state index in [2.05, 4.69) is 32.7 Å². The van der Waals surface area contributed by atoms with Crippen LogP contribution in [-0.4, -0.2) is 20.5 Å². The van der Waals surface area contributed by atoms with Crippen molar-refractivity contribution < 1.29 is 9.63 Å². The van der Waals surface area contributed by atoms with Crippen LogP contribution in [0.1, 0.15) is 31.5 Å². The Balaban J connectivity index is 1.67. The SMILES string of the molecule is Oc1cc(-c2nc(CSC3CCCC3)no2)ccc1I. The van der Waals surface area contributed by atoms with Gasteiger partial charge in [0, 0.05) is 10.8 Å². The van der Waals surface area contributed by atoms with E-state index in [0.717, 1.165) is 26.0 Å². The predicted molar refractivity (Wildman–Crippen MR) is 87.7 cm³/mol. The summed E-state index contributed by atoms with van der Waals surface area (Å²) in [4.78, 5) is 4.40. The van der Waals surface area contributed by atoms with Crippen LogP contribution < -0.4 is 0 Å². The second kappa shape index (κ2) is 6.34. The lowest BCUT2D eigenvalue weighted by Gasteiger charge is -2.04. The highest BCUT2D eigenvalue weighted by Gasteiger charge is 2.17. The van der Waals surface area contributed by atoms with Gasteiger partial charge in [0.2, 0.25) is 0 Å². The molecule has 0 atom stereocenters. The van der Waals surface area contributed by atoms with Crippen molar-refractivity contribution in [3.63, 3.8) is 0 Å². The first kappa shape index (κ1) is 14.2. The zero-order valence-corrected chi connectivity index (χ0v) is 13.9. The molecule has 0 spiro atoms. The summed E-state index contributed by atoms with van der Waals surface area (Å²) >= 11 is 4.00. The second-order valence-corrected chi connectivity index (χ2v) is 7.35. The number of benzene rings is 1. The molecule has 1 N–H and O–H groups in total. The first-order valence-electron chi connectivity index (χ1n) is 6.65. The van der Waals surface area contributed by atoms with Crippen molar-refractivity contribution in [1.82, 2.24) is 10.1 Å². The van der Waals surface area contributed by atoms with E-state index in [1.807, 2.05) is 23.9 Å². The van der Waals surface area contributed by atoms with Crippen molar-refractivity contribution in [2.75, 3.05) is 0 Å². The summed E-state index contributed by atoms with van der Waals surface area (Å²) < 4.78 is 6.08. The number of aromatic hydroxyl groups is 1. The molecule has 0 radical (unpaired) electrons. The molecular formula is C14H15IN2O2S. The number of phenolic OH excluding ortho intramolecular Hbond substituents is 1. The Labute approximate surface area is 135 Å². The highest BCUT2D eigenvalue weighted by molar-refractivity contribution is 14.1. The number of hydrogen-bond acceptors (Lipinski definition) is 5. The van der Waals surface area contributed by atoms with Gasteiger partial charge in [-0.05, 0) is 53.6 Å². The van der Waals surface area contributed by atoms with E-state index in [1.54, 1.807) is 6.07 Å². The summed E-state index contributed by atoms with van der Waals surface area (Å²) in [6.45, 7) is 0. The van der Waals surface area contributed by atoms with Gasteiger partial charge in [-0.2, -0.15) is 16.7 Å². The quantitative estimate of drug-likeness (QED) is 0.776. The molecule has 6 heteroatoms. The monoisotopic (exact) mass is 402 g/mol. The summed E-state index contributed by atoms with van der Waals surface area (Å²) in [6.07, 6.45) is 5.30. The molecule has 1 aromatic carbocycles. The molecule has 0 unspecified atom stereocenters. The zero-order valence-electron chi connectivity index (χ0n) is 10.9. The number of rotatable bonds is 4. The maximum Gasteiger partial charge on any atom is 0.258 e. The van der Waals surface area contributed by atoms with Gasteiger partial charge in [0.25, 0.3) is 5.89 Å². The van der Waals surface area contributed by atoms with Crippen LogP contribution >= 0.6 is 34.4 Å². The summed E-state index contributed by atoms with van der Waals surface area (Å²) in [5, 5.41) is 14.5. The fraction of sp³-hybridized carbons (Fsp3) is 0.429. The molecule has 1 heterocycles. The molecule has 1 aliphatic carbocycles. The highest BCUT2D eigenvalue weighted by atomic mass is 127. The molecule has 3 rings (SSSR count). The van der Waals surface area contributed by atoms with E-state index in [-0.39, 0.29) is 5.75 Å². The van der Waals surface area contributed by atoms with E-state index in [9.17, 15) is 5.11 Å². The van der Waals surface area contributed by atoms with Crippen molar-refractivity contribution in [2.45, 2.75) is 36.7 Å². The molecule has 0 bridgehead atoms. The van der Waals surface area contributed by atoms with Crippen LogP contribution in [-0.2, 0) is 5.75 Å². The molecule has 2 aromatic rings. The zero-order chi connectivity index (χ0) is 13.9. The van der Waals surface area contributed by atoms with Crippen LogP contribution in [0.2, 0.25) is 0 Å². The van der Waals surface area contributed by atoms with Crippen molar-refractivity contribution >= 4 is 34.4 Å². The Kier molecular flexibility index (Phi) is 4.50. The van der Waals surface area contributed by atoms with Gasteiger partial charge in [-0.3, -0.25) is 0 Å². The van der Waals surface area contributed by atoms with Crippen LogP contribution in [0.4, 0.5) is 0 Å². The molecule has 4 nitrogen and oxygen atoms in total. The molecule has 0 amide bonds. The minimum absolute atomic E-state index is 0.239. The normalized spacial score (nSPS) is 15.8. The fourth-order valence-electron chi connectivity index (χ4n) is 2.32. The molecule has 1 aromatic heterocycles. The average Bonchev–Trinajstić information content (AvgIpc) is 3.10. The molecule has 1 fully saturated rings. The molecular weight excluding hydrogens is 387 g/mol. The predicted octanol–water partition coefficient (Wildman–Crippen LogP) is 4.22. The summed E-state index contributed by atoms with van der Waals surface area (Å²) in [7, 11) is 0. The van der Waals surface area contributed by atoms with Gasteiger partial charge in [0.1, 0.15) is 5.75 Å². The lowest BCUT2D eigenvalue weighted by Crippen LogP contribution is -1.95. The van der Waals surface area contributed by atoms with Crippen LogP contribution in [0.3, 0.4) is 0 Å². The fourth-order valence-corrected chi connectivity index (χ4v) is 3.83. The van der Waals surface area contributed by atoms with Crippen LogP contribution in [0.15, 0.2) is 22.7 Å². The number of nitrogens with zero attached hydrogens (tertiary/aromatic N) is 2. The number of thioether (sulfide) groups is 1. The Morgan fingerprint density at radius 2 is 2.15 bits per heavy atom. The number of halogens is 1. The molecule has 1 saturated carbocycles. The third-order valence-electron chi connectivity index (χ3n) is 3.41. The largest absolute Gasteiger partial charge is 0.507 e. The minimum Gasteiger partial charge on any atom is -0.507 e. The average molecular weight is 402 g/mol. The first-order valence-corrected chi connectivity index (χ1v) is 8.78. The molecule has 20 heavy (non-hydrogen) atoms. The van der Waals surface area contributed by atoms with E-state index in [0.29, 0.717) is 5.89 Å². The van der Waals surface area contributed by atoms with E-state index >= 15 is 0 Å².